The minimum atomic E-state index is -0.961. The SMILES string of the molecule is N#Cc1ccc(Cl)cc1OCc1ccc(C(=O)O)s1. The Balaban J connectivity index is 2.12. The Kier molecular flexibility index (Phi) is 4.05. The Morgan fingerprint density at radius 1 is 1.42 bits per heavy atom. The van der Waals surface area contributed by atoms with Crippen LogP contribution >= 0.6 is 22.9 Å². The molecule has 0 spiro atoms. The van der Waals surface area contributed by atoms with E-state index in [-0.39, 0.29) is 11.5 Å². The highest BCUT2D eigenvalue weighted by Gasteiger charge is 2.09. The van der Waals surface area contributed by atoms with Crippen molar-refractivity contribution in [3.63, 3.8) is 0 Å². The third-order valence-electron chi connectivity index (χ3n) is 2.31. The van der Waals surface area contributed by atoms with Gasteiger partial charge in [-0.25, -0.2) is 4.79 Å². The van der Waals surface area contributed by atoms with Crippen LogP contribution in [0.5, 0.6) is 5.75 Å². The molecule has 1 heterocycles. The molecule has 0 amide bonds. The van der Waals surface area contributed by atoms with E-state index in [2.05, 4.69) is 0 Å². The van der Waals surface area contributed by atoms with Gasteiger partial charge in [0, 0.05) is 16.0 Å². The zero-order valence-corrected chi connectivity index (χ0v) is 11.2. The van der Waals surface area contributed by atoms with Crippen LogP contribution in [0.25, 0.3) is 0 Å². The van der Waals surface area contributed by atoms with E-state index in [1.165, 1.54) is 6.07 Å². The lowest BCUT2D eigenvalue weighted by molar-refractivity contribution is 0.0702. The van der Waals surface area contributed by atoms with E-state index in [9.17, 15) is 4.79 Å². The Hall–Kier alpha value is -2.03. The molecule has 0 saturated heterocycles. The number of hydrogen-bond acceptors (Lipinski definition) is 4. The van der Waals surface area contributed by atoms with E-state index in [1.807, 2.05) is 6.07 Å². The fourth-order valence-electron chi connectivity index (χ4n) is 1.43. The fraction of sp³-hybridized carbons (Fsp3) is 0.0769. The van der Waals surface area contributed by atoms with Gasteiger partial charge in [-0.1, -0.05) is 11.6 Å². The average molecular weight is 294 g/mol. The molecule has 1 aromatic carbocycles. The van der Waals surface area contributed by atoms with Crippen LogP contribution in [-0.4, -0.2) is 11.1 Å². The number of carboxylic acids is 1. The largest absolute Gasteiger partial charge is 0.487 e. The molecular formula is C13H8ClNO3S. The first kappa shape index (κ1) is 13.4. The van der Waals surface area contributed by atoms with Crippen molar-refractivity contribution in [2.75, 3.05) is 0 Å². The zero-order valence-electron chi connectivity index (χ0n) is 9.59. The summed E-state index contributed by atoms with van der Waals surface area (Å²) in [5.74, 6) is -0.572. The van der Waals surface area contributed by atoms with Gasteiger partial charge in [0.15, 0.2) is 0 Å². The van der Waals surface area contributed by atoms with Crippen LogP contribution < -0.4 is 4.74 Å². The lowest BCUT2D eigenvalue weighted by Crippen LogP contribution is -1.95. The summed E-state index contributed by atoms with van der Waals surface area (Å²) in [5, 5.41) is 18.2. The average Bonchev–Trinajstić information content (AvgIpc) is 2.85. The van der Waals surface area contributed by atoms with Crippen LogP contribution in [0.3, 0.4) is 0 Å². The number of benzene rings is 1. The normalized spacial score (nSPS) is 9.89. The fourth-order valence-corrected chi connectivity index (χ4v) is 2.35. The van der Waals surface area contributed by atoms with Crippen molar-refractivity contribution in [2.24, 2.45) is 0 Å². The van der Waals surface area contributed by atoms with Crippen molar-refractivity contribution in [2.45, 2.75) is 6.61 Å². The molecule has 0 atom stereocenters. The van der Waals surface area contributed by atoms with E-state index >= 15 is 0 Å². The maximum absolute atomic E-state index is 10.7. The molecular weight excluding hydrogens is 286 g/mol. The Bertz CT molecular complexity index is 660. The molecule has 19 heavy (non-hydrogen) atoms. The third kappa shape index (κ3) is 3.25. The van der Waals surface area contributed by atoms with Gasteiger partial charge >= 0.3 is 5.97 Å². The molecule has 96 valence electrons. The number of nitrogens with zero attached hydrogens (tertiary/aromatic N) is 1. The standard InChI is InChI=1S/C13H8ClNO3S/c14-9-2-1-8(6-15)11(5-9)18-7-10-3-4-12(19-10)13(16)17/h1-5H,7H2,(H,16,17). The van der Waals surface area contributed by atoms with Crippen LogP contribution in [-0.2, 0) is 6.61 Å². The van der Waals surface area contributed by atoms with Gasteiger partial charge in [0.25, 0.3) is 0 Å². The number of ether oxygens (including phenoxy) is 1. The highest BCUT2D eigenvalue weighted by molar-refractivity contribution is 7.13. The summed E-state index contributed by atoms with van der Waals surface area (Å²) in [5.41, 5.74) is 0.388. The molecule has 1 aromatic heterocycles. The minimum absolute atomic E-state index is 0.201. The summed E-state index contributed by atoms with van der Waals surface area (Å²) in [6, 6.07) is 9.97. The summed E-state index contributed by atoms with van der Waals surface area (Å²) in [7, 11) is 0. The highest BCUT2D eigenvalue weighted by Crippen LogP contribution is 2.25. The number of nitriles is 1. The van der Waals surface area contributed by atoms with Gasteiger partial charge in [0.2, 0.25) is 0 Å². The molecule has 0 aliphatic heterocycles. The molecule has 0 bridgehead atoms. The van der Waals surface area contributed by atoms with Crippen molar-refractivity contribution < 1.29 is 14.6 Å². The molecule has 2 rings (SSSR count). The van der Waals surface area contributed by atoms with Crippen molar-refractivity contribution in [3.8, 4) is 11.8 Å². The highest BCUT2D eigenvalue weighted by atomic mass is 35.5. The molecule has 0 saturated carbocycles. The molecule has 0 aliphatic rings. The molecule has 2 aromatic rings. The Labute approximate surface area is 118 Å². The molecule has 0 fully saturated rings. The zero-order chi connectivity index (χ0) is 13.8. The molecule has 0 radical (unpaired) electrons. The maximum atomic E-state index is 10.7. The monoisotopic (exact) mass is 293 g/mol. The van der Waals surface area contributed by atoms with Gasteiger partial charge in [-0.15, -0.1) is 11.3 Å². The topological polar surface area (TPSA) is 70.3 Å². The van der Waals surface area contributed by atoms with E-state index in [0.717, 1.165) is 16.2 Å². The first-order valence-corrected chi connectivity index (χ1v) is 6.44. The predicted octanol–water partition coefficient (Wildman–Crippen LogP) is 3.55. The minimum Gasteiger partial charge on any atom is -0.487 e. The molecule has 0 aliphatic carbocycles. The van der Waals surface area contributed by atoms with Gasteiger partial charge in [0.1, 0.15) is 23.3 Å². The van der Waals surface area contributed by atoms with Gasteiger partial charge in [-0.2, -0.15) is 5.26 Å². The smallest absolute Gasteiger partial charge is 0.345 e. The van der Waals surface area contributed by atoms with E-state index < -0.39 is 5.97 Å². The van der Waals surface area contributed by atoms with Crippen molar-refractivity contribution in [1.82, 2.24) is 0 Å². The second-order valence-corrected chi connectivity index (χ2v) is 5.22. The molecule has 4 nitrogen and oxygen atoms in total. The summed E-state index contributed by atoms with van der Waals surface area (Å²) in [4.78, 5) is 11.8. The number of aromatic carboxylic acids is 1. The van der Waals surface area contributed by atoms with Gasteiger partial charge in [0.05, 0.1) is 5.56 Å². The number of carboxylic acid groups (broad SMARTS) is 1. The lowest BCUT2D eigenvalue weighted by atomic mass is 10.2. The summed E-state index contributed by atoms with van der Waals surface area (Å²) in [6.07, 6.45) is 0. The van der Waals surface area contributed by atoms with Crippen molar-refractivity contribution in [3.05, 3.63) is 50.7 Å². The van der Waals surface area contributed by atoms with Gasteiger partial charge in [-0.05, 0) is 24.3 Å². The second-order valence-electron chi connectivity index (χ2n) is 3.61. The van der Waals surface area contributed by atoms with Crippen molar-refractivity contribution >= 4 is 28.9 Å². The molecule has 0 unspecified atom stereocenters. The molecule has 1 N–H and O–H groups in total. The number of rotatable bonds is 4. The van der Waals surface area contributed by atoms with Crippen LogP contribution in [0, 0.1) is 11.3 Å². The first-order chi connectivity index (χ1) is 9.10. The Morgan fingerprint density at radius 2 is 2.21 bits per heavy atom. The number of halogens is 1. The van der Waals surface area contributed by atoms with Gasteiger partial charge in [-0.3, -0.25) is 0 Å². The van der Waals surface area contributed by atoms with E-state index in [4.69, 9.17) is 26.7 Å². The lowest BCUT2D eigenvalue weighted by Gasteiger charge is -2.06. The second kappa shape index (κ2) is 5.74. The van der Waals surface area contributed by atoms with E-state index in [1.54, 1.807) is 24.3 Å². The number of hydrogen-bond donors (Lipinski definition) is 1. The predicted molar refractivity (Wildman–Crippen MR) is 71.8 cm³/mol. The molecule has 6 heteroatoms. The summed E-state index contributed by atoms with van der Waals surface area (Å²) < 4.78 is 5.50. The van der Waals surface area contributed by atoms with Crippen LogP contribution in [0.2, 0.25) is 5.02 Å². The number of thiophene rings is 1. The van der Waals surface area contributed by atoms with Crippen molar-refractivity contribution in [1.29, 1.82) is 5.26 Å². The first-order valence-electron chi connectivity index (χ1n) is 5.24. The third-order valence-corrected chi connectivity index (χ3v) is 3.59. The summed E-state index contributed by atoms with van der Waals surface area (Å²) >= 11 is 6.97. The maximum Gasteiger partial charge on any atom is 0.345 e. The van der Waals surface area contributed by atoms with Crippen LogP contribution in [0.15, 0.2) is 30.3 Å². The summed E-state index contributed by atoms with van der Waals surface area (Å²) in [6.45, 7) is 0.201. The van der Waals surface area contributed by atoms with Crippen LogP contribution in [0.1, 0.15) is 20.1 Å². The van der Waals surface area contributed by atoms with Crippen LogP contribution in [0.4, 0.5) is 0 Å². The van der Waals surface area contributed by atoms with E-state index in [0.29, 0.717) is 16.3 Å². The van der Waals surface area contributed by atoms with Gasteiger partial charge < -0.3 is 9.84 Å². The Morgan fingerprint density at radius 3 is 2.84 bits per heavy atom. The number of carbonyl (C=O) groups is 1. The quantitative estimate of drug-likeness (QED) is 0.936.